The summed E-state index contributed by atoms with van der Waals surface area (Å²) in [5.41, 5.74) is 0.432. The van der Waals surface area contributed by atoms with E-state index in [9.17, 15) is 14.0 Å². The monoisotopic (exact) mass is 278 g/mol. The number of halogens is 1. The molecule has 5 heteroatoms. The van der Waals surface area contributed by atoms with Crippen LogP contribution in [0.3, 0.4) is 0 Å². The van der Waals surface area contributed by atoms with E-state index in [4.69, 9.17) is 0 Å². The first-order valence-electron chi connectivity index (χ1n) is 6.84. The Balaban J connectivity index is 2.39. The summed E-state index contributed by atoms with van der Waals surface area (Å²) in [5, 5.41) is 2.66. The molecule has 108 valence electrons. The molecule has 0 aliphatic carbocycles. The van der Waals surface area contributed by atoms with Crippen LogP contribution >= 0.6 is 0 Å². The van der Waals surface area contributed by atoms with Gasteiger partial charge in [-0.1, -0.05) is 25.1 Å². The highest BCUT2D eigenvalue weighted by Crippen LogP contribution is 2.28. The predicted octanol–water partition coefficient (Wildman–Crippen LogP) is 2.01. The number of benzene rings is 1. The molecule has 20 heavy (non-hydrogen) atoms. The maximum atomic E-state index is 13.9. The van der Waals surface area contributed by atoms with Crippen molar-refractivity contribution >= 4 is 11.8 Å². The average molecular weight is 278 g/mol. The molecule has 1 N–H and O–H groups in total. The van der Waals surface area contributed by atoms with Crippen LogP contribution in [0.25, 0.3) is 0 Å². The van der Waals surface area contributed by atoms with Crippen LogP contribution in [-0.2, 0) is 9.59 Å². The van der Waals surface area contributed by atoms with Crippen molar-refractivity contribution < 1.29 is 14.0 Å². The van der Waals surface area contributed by atoms with Crippen LogP contribution in [0.2, 0.25) is 0 Å². The van der Waals surface area contributed by atoms with E-state index in [1.54, 1.807) is 32.0 Å². The fourth-order valence-corrected chi connectivity index (χ4v) is 2.68. The number of nitrogens with one attached hydrogen (secondary N) is 1. The minimum absolute atomic E-state index is 0.174. The summed E-state index contributed by atoms with van der Waals surface area (Å²) in [6, 6.07) is 4.77. The van der Waals surface area contributed by atoms with Crippen molar-refractivity contribution in [2.24, 2.45) is 0 Å². The molecule has 3 atom stereocenters. The molecule has 3 unspecified atom stereocenters. The van der Waals surface area contributed by atoms with Crippen molar-refractivity contribution in [1.82, 2.24) is 10.2 Å². The van der Waals surface area contributed by atoms with Gasteiger partial charge in [0.15, 0.2) is 0 Å². The summed E-state index contributed by atoms with van der Waals surface area (Å²) in [5.74, 6) is -0.712. The molecule has 1 fully saturated rings. The first-order valence-corrected chi connectivity index (χ1v) is 6.84. The quantitative estimate of drug-likeness (QED) is 0.919. The number of carbonyl (C=O) groups excluding carboxylic acids is 2. The lowest BCUT2D eigenvalue weighted by Crippen LogP contribution is -2.62. The molecule has 1 aromatic carbocycles. The molecular formula is C15H19FN2O2. The van der Waals surface area contributed by atoms with Gasteiger partial charge in [-0.25, -0.2) is 4.39 Å². The van der Waals surface area contributed by atoms with Gasteiger partial charge in [-0.2, -0.15) is 0 Å². The third-order valence-electron chi connectivity index (χ3n) is 3.78. The van der Waals surface area contributed by atoms with Crippen molar-refractivity contribution in [3.63, 3.8) is 0 Å². The molecule has 2 amide bonds. The third kappa shape index (κ3) is 2.40. The Morgan fingerprint density at radius 3 is 2.60 bits per heavy atom. The number of carbonyl (C=O) groups is 2. The zero-order valence-electron chi connectivity index (χ0n) is 11.9. The summed E-state index contributed by atoms with van der Waals surface area (Å²) in [6.45, 7) is 5.24. The SMILES string of the molecule is CCC1C(=O)NC(C)C(=O)N1C(C)c1ccccc1F. The second-order valence-electron chi connectivity index (χ2n) is 5.10. The molecule has 0 aromatic heterocycles. The van der Waals surface area contributed by atoms with E-state index in [1.807, 2.05) is 6.92 Å². The van der Waals surface area contributed by atoms with Crippen molar-refractivity contribution in [2.45, 2.75) is 45.3 Å². The minimum atomic E-state index is -0.570. The summed E-state index contributed by atoms with van der Waals surface area (Å²) >= 11 is 0. The fraction of sp³-hybridized carbons (Fsp3) is 0.467. The lowest BCUT2D eigenvalue weighted by molar-refractivity contribution is -0.151. The Kier molecular flexibility index (Phi) is 4.06. The highest BCUT2D eigenvalue weighted by atomic mass is 19.1. The van der Waals surface area contributed by atoms with Crippen molar-refractivity contribution in [2.75, 3.05) is 0 Å². The van der Waals surface area contributed by atoms with Gasteiger partial charge in [-0.15, -0.1) is 0 Å². The maximum absolute atomic E-state index is 13.9. The van der Waals surface area contributed by atoms with Gasteiger partial charge in [-0.3, -0.25) is 9.59 Å². The van der Waals surface area contributed by atoms with Gasteiger partial charge in [0.05, 0.1) is 6.04 Å². The minimum Gasteiger partial charge on any atom is -0.343 e. The van der Waals surface area contributed by atoms with Crippen LogP contribution in [0.4, 0.5) is 4.39 Å². The van der Waals surface area contributed by atoms with Crippen LogP contribution in [0, 0.1) is 5.82 Å². The molecule has 4 nitrogen and oxygen atoms in total. The lowest BCUT2D eigenvalue weighted by atomic mass is 9.98. The van der Waals surface area contributed by atoms with E-state index in [0.29, 0.717) is 12.0 Å². The summed E-state index contributed by atoms with van der Waals surface area (Å²) in [4.78, 5) is 25.9. The maximum Gasteiger partial charge on any atom is 0.246 e. The Morgan fingerprint density at radius 1 is 1.35 bits per heavy atom. The van der Waals surface area contributed by atoms with Crippen LogP contribution in [0.1, 0.15) is 38.8 Å². The average Bonchev–Trinajstić information content (AvgIpc) is 2.42. The van der Waals surface area contributed by atoms with Crippen LogP contribution < -0.4 is 5.32 Å². The van der Waals surface area contributed by atoms with Gasteiger partial charge in [0, 0.05) is 5.56 Å². The Morgan fingerprint density at radius 2 is 2.00 bits per heavy atom. The standard InChI is InChI=1S/C15H19FN2O2/c1-4-13-14(19)17-9(2)15(20)18(13)10(3)11-7-5-6-8-12(11)16/h5-10,13H,4H2,1-3H3,(H,17,19). The van der Waals surface area contributed by atoms with Crippen LogP contribution in [0.15, 0.2) is 24.3 Å². The van der Waals surface area contributed by atoms with Gasteiger partial charge < -0.3 is 10.2 Å². The first kappa shape index (κ1) is 14.5. The Bertz CT molecular complexity index is 532. The zero-order chi connectivity index (χ0) is 14.9. The number of hydrogen-bond donors (Lipinski definition) is 1. The van der Waals surface area contributed by atoms with Crippen molar-refractivity contribution in [1.29, 1.82) is 0 Å². The molecule has 1 aromatic rings. The zero-order valence-corrected chi connectivity index (χ0v) is 11.9. The van der Waals surface area contributed by atoms with E-state index in [2.05, 4.69) is 5.32 Å². The number of rotatable bonds is 3. The second kappa shape index (κ2) is 5.61. The molecule has 2 rings (SSSR count). The topological polar surface area (TPSA) is 49.4 Å². The van der Waals surface area contributed by atoms with E-state index in [-0.39, 0.29) is 17.6 Å². The summed E-state index contributed by atoms with van der Waals surface area (Å²) in [7, 11) is 0. The van der Waals surface area contributed by atoms with Gasteiger partial charge in [-0.05, 0) is 26.3 Å². The molecule has 0 spiro atoms. The van der Waals surface area contributed by atoms with E-state index >= 15 is 0 Å². The molecule has 1 heterocycles. The lowest BCUT2D eigenvalue weighted by Gasteiger charge is -2.41. The molecule has 0 bridgehead atoms. The molecule has 1 aliphatic heterocycles. The number of amides is 2. The first-order chi connectivity index (χ1) is 9.47. The smallest absolute Gasteiger partial charge is 0.246 e. The molecular weight excluding hydrogens is 259 g/mol. The van der Waals surface area contributed by atoms with Crippen LogP contribution in [0.5, 0.6) is 0 Å². The molecule has 1 saturated heterocycles. The van der Waals surface area contributed by atoms with E-state index in [0.717, 1.165) is 0 Å². The van der Waals surface area contributed by atoms with Crippen molar-refractivity contribution in [3.05, 3.63) is 35.6 Å². The molecule has 0 saturated carbocycles. The van der Waals surface area contributed by atoms with E-state index in [1.165, 1.54) is 11.0 Å². The largest absolute Gasteiger partial charge is 0.343 e. The van der Waals surface area contributed by atoms with Gasteiger partial charge in [0.1, 0.15) is 17.9 Å². The second-order valence-corrected chi connectivity index (χ2v) is 5.10. The Labute approximate surface area is 118 Å². The number of hydrogen-bond acceptors (Lipinski definition) is 2. The Hall–Kier alpha value is -1.91. The number of piperazine rings is 1. The predicted molar refractivity (Wildman–Crippen MR) is 73.3 cm³/mol. The van der Waals surface area contributed by atoms with Crippen molar-refractivity contribution in [3.8, 4) is 0 Å². The highest BCUT2D eigenvalue weighted by Gasteiger charge is 2.40. The number of nitrogens with zero attached hydrogens (tertiary/aromatic N) is 1. The molecule has 1 aliphatic rings. The van der Waals surface area contributed by atoms with E-state index < -0.39 is 18.1 Å². The normalized spacial score (nSPS) is 24.5. The van der Waals surface area contributed by atoms with Gasteiger partial charge >= 0.3 is 0 Å². The summed E-state index contributed by atoms with van der Waals surface area (Å²) < 4.78 is 13.9. The van der Waals surface area contributed by atoms with Gasteiger partial charge in [0.25, 0.3) is 0 Å². The summed E-state index contributed by atoms with van der Waals surface area (Å²) in [6.07, 6.45) is 0.503. The molecule has 0 radical (unpaired) electrons. The van der Waals surface area contributed by atoms with Gasteiger partial charge in [0.2, 0.25) is 11.8 Å². The van der Waals surface area contributed by atoms with Crippen LogP contribution in [-0.4, -0.2) is 28.8 Å². The third-order valence-corrected chi connectivity index (χ3v) is 3.78. The highest BCUT2D eigenvalue weighted by molar-refractivity contribution is 5.96. The fourth-order valence-electron chi connectivity index (χ4n) is 2.68.